The van der Waals surface area contributed by atoms with E-state index in [1.165, 1.54) is 0 Å². The van der Waals surface area contributed by atoms with E-state index >= 15 is 0 Å². The summed E-state index contributed by atoms with van der Waals surface area (Å²) < 4.78 is 4.42. The number of nitrogens with zero attached hydrogens (tertiary/aromatic N) is 4. The quantitative estimate of drug-likeness (QED) is 0.856. The topological polar surface area (TPSA) is 64.7 Å². The third-order valence-electron chi connectivity index (χ3n) is 3.61. The van der Waals surface area contributed by atoms with Gasteiger partial charge in [-0.2, -0.15) is 10.2 Å². The molecule has 0 bridgehead atoms. The monoisotopic (exact) mass is 387 g/mol. The number of hydrogen-bond acceptors (Lipinski definition) is 3. The van der Waals surface area contributed by atoms with Gasteiger partial charge in [-0.25, -0.2) is 0 Å². The van der Waals surface area contributed by atoms with Gasteiger partial charge < -0.3 is 5.32 Å². The fourth-order valence-electron chi connectivity index (χ4n) is 2.29. The Morgan fingerprint density at radius 3 is 2.73 bits per heavy atom. The minimum absolute atomic E-state index is 0.113. The van der Waals surface area contributed by atoms with E-state index in [2.05, 4.69) is 31.4 Å². The zero-order valence-corrected chi connectivity index (χ0v) is 15.4. The molecular formula is C14H19BrClN5O. The fraction of sp³-hybridized carbons (Fsp3) is 0.500. The lowest BCUT2D eigenvalue weighted by Crippen LogP contribution is -2.32. The van der Waals surface area contributed by atoms with E-state index in [-0.39, 0.29) is 5.91 Å². The van der Waals surface area contributed by atoms with Gasteiger partial charge in [-0.1, -0.05) is 11.6 Å². The van der Waals surface area contributed by atoms with Crippen LogP contribution in [-0.4, -0.2) is 25.5 Å². The summed E-state index contributed by atoms with van der Waals surface area (Å²) in [7, 11) is 0. The lowest BCUT2D eigenvalue weighted by atomic mass is 10.3. The van der Waals surface area contributed by atoms with Gasteiger partial charge in [0.2, 0.25) is 5.91 Å². The summed E-state index contributed by atoms with van der Waals surface area (Å²) >= 11 is 9.57. The molecule has 0 aliphatic heterocycles. The van der Waals surface area contributed by atoms with Gasteiger partial charge in [-0.05, 0) is 43.6 Å². The zero-order chi connectivity index (χ0) is 16.4. The highest BCUT2D eigenvalue weighted by Crippen LogP contribution is 2.23. The average Bonchev–Trinajstić information content (AvgIpc) is 2.98. The Labute approximate surface area is 143 Å². The van der Waals surface area contributed by atoms with Crippen molar-refractivity contribution in [2.24, 2.45) is 0 Å². The molecule has 0 radical (unpaired) electrons. The Balaban J connectivity index is 2.09. The number of carbonyl (C=O) groups is 1. The predicted octanol–water partition coefficient (Wildman–Crippen LogP) is 3.01. The van der Waals surface area contributed by atoms with Gasteiger partial charge in [-0.15, -0.1) is 0 Å². The molecule has 8 heteroatoms. The Hall–Kier alpha value is -1.34. The number of aryl methyl sites for hydroxylation is 2. The summed E-state index contributed by atoms with van der Waals surface area (Å²) in [6.45, 7) is 8.67. The molecule has 1 N–H and O–H groups in total. The largest absolute Gasteiger partial charge is 0.349 e. The first-order valence-electron chi connectivity index (χ1n) is 7.05. The first-order chi connectivity index (χ1) is 10.4. The lowest BCUT2D eigenvalue weighted by molar-refractivity contribution is -0.124. The van der Waals surface area contributed by atoms with Crippen molar-refractivity contribution in [2.75, 3.05) is 0 Å². The zero-order valence-electron chi connectivity index (χ0n) is 13.0. The molecule has 1 amide bonds. The van der Waals surface area contributed by atoms with Crippen molar-refractivity contribution in [2.45, 2.75) is 46.8 Å². The second-order valence-corrected chi connectivity index (χ2v) is 6.28. The number of nitrogens with one attached hydrogen (secondary N) is 1. The molecule has 0 aliphatic rings. The van der Waals surface area contributed by atoms with Crippen LogP contribution in [0.3, 0.4) is 0 Å². The van der Waals surface area contributed by atoms with E-state index in [4.69, 9.17) is 11.6 Å². The first-order valence-corrected chi connectivity index (χ1v) is 8.23. The lowest BCUT2D eigenvalue weighted by Gasteiger charge is -2.15. The van der Waals surface area contributed by atoms with E-state index in [1.807, 2.05) is 27.7 Å². The number of hydrogen-bond donors (Lipinski definition) is 1. The smallest absolute Gasteiger partial charge is 0.244 e. The van der Waals surface area contributed by atoms with Crippen molar-refractivity contribution in [3.63, 3.8) is 0 Å². The molecule has 0 spiro atoms. The standard InChI is InChI=1S/C14H19BrClN5O/c1-5-20-12(11(16)6-18-20)7-17-14(22)10(4)21-9(3)13(15)8(2)19-21/h6,10H,5,7H2,1-4H3,(H,17,22). The molecule has 2 heterocycles. The molecule has 0 saturated carbocycles. The van der Waals surface area contributed by atoms with E-state index in [1.54, 1.807) is 15.6 Å². The molecule has 0 aromatic carbocycles. The van der Waals surface area contributed by atoms with Crippen molar-refractivity contribution >= 4 is 33.4 Å². The molecule has 1 unspecified atom stereocenters. The van der Waals surface area contributed by atoms with Crippen molar-refractivity contribution in [1.29, 1.82) is 0 Å². The van der Waals surface area contributed by atoms with Gasteiger partial charge in [0.05, 0.1) is 39.3 Å². The van der Waals surface area contributed by atoms with E-state index in [9.17, 15) is 4.79 Å². The maximum atomic E-state index is 12.4. The number of rotatable bonds is 5. The maximum absolute atomic E-state index is 12.4. The molecule has 2 rings (SSSR count). The number of amides is 1. The van der Waals surface area contributed by atoms with Crippen LogP contribution >= 0.6 is 27.5 Å². The maximum Gasteiger partial charge on any atom is 0.244 e. The molecule has 22 heavy (non-hydrogen) atoms. The third-order valence-corrected chi connectivity index (χ3v) is 5.07. The minimum Gasteiger partial charge on any atom is -0.349 e. The Kier molecular flexibility index (Phi) is 5.28. The number of halogens is 2. The molecular weight excluding hydrogens is 370 g/mol. The first kappa shape index (κ1) is 17.0. The molecule has 1 atom stereocenters. The van der Waals surface area contributed by atoms with Crippen LogP contribution in [0.15, 0.2) is 10.7 Å². The van der Waals surface area contributed by atoms with Crippen LogP contribution in [0.25, 0.3) is 0 Å². The van der Waals surface area contributed by atoms with Gasteiger partial charge in [-0.3, -0.25) is 14.2 Å². The summed E-state index contributed by atoms with van der Waals surface area (Å²) in [6.07, 6.45) is 1.59. The predicted molar refractivity (Wildman–Crippen MR) is 88.9 cm³/mol. The molecule has 0 aliphatic carbocycles. The SMILES string of the molecule is CCn1ncc(Cl)c1CNC(=O)C(C)n1nc(C)c(Br)c1C. The normalized spacial score (nSPS) is 12.5. The highest BCUT2D eigenvalue weighted by atomic mass is 79.9. The van der Waals surface area contributed by atoms with Gasteiger partial charge in [0.15, 0.2) is 0 Å². The molecule has 2 aromatic heterocycles. The summed E-state index contributed by atoms with van der Waals surface area (Å²) in [5.41, 5.74) is 2.60. The van der Waals surface area contributed by atoms with Gasteiger partial charge in [0.1, 0.15) is 6.04 Å². The van der Waals surface area contributed by atoms with Gasteiger partial charge >= 0.3 is 0 Å². The highest BCUT2D eigenvalue weighted by molar-refractivity contribution is 9.10. The van der Waals surface area contributed by atoms with Crippen LogP contribution in [0.5, 0.6) is 0 Å². The summed E-state index contributed by atoms with van der Waals surface area (Å²) in [6, 6.07) is -0.401. The van der Waals surface area contributed by atoms with Crippen LogP contribution in [0.1, 0.15) is 37.0 Å². The second-order valence-electron chi connectivity index (χ2n) is 5.08. The molecule has 120 valence electrons. The van der Waals surface area contributed by atoms with Crippen molar-refractivity contribution < 1.29 is 4.79 Å². The van der Waals surface area contributed by atoms with Gasteiger partial charge in [0, 0.05) is 6.54 Å². The second kappa shape index (κ2) is 6.83. The molecule has 2 aromatic rings. The average molecular weight is 389 g/mol. The van der Waals surface area contributed by atoms with E-state index in [0.29, 0.717) is 18.1 Å². The Bertz CT molecular complexity index is 694. The Morgan fingerprint density at radius 2 is 2.18 bits per heavy atom. The van der Waals surface area contributed by atoms with Crippen molar-refractivity contribution in [1.82, 2.24) is 24.9 Å². The molecule has 6 nitrogen and oxygen atoms in total. The van der Waals surface area contributed by atoms with Crippen LogP contribution in [-0.2, 0) is 17.9 Å². The van der Waals surface area contributed by atoms with Crippen LogP contribution in [0.4, 0.5) is 0 Å². The van der Waals surface area contributed by atoms with E-state index < -0.39 is 6.04 Å². The van der Waals surface area contributed by atoms with Crippen LogP contribution < -0.4 is 5.32 Å². The fourth-order valence-corrected chi connectivity index (χ4v) is 2.75. The molecule has 0 saturated heterocycles. The Morgan fingerprint density at radius 1 is 1.50 bits per heavy atom. The highest BCUT2D eigenvalue weighted by Gasteiger charge is 2.20. The summed E-state index contributed by atoms with van der Waals surface area (Å²) in [4.78, 5) is 12.4. The molecule has 0 fully saturated rings. The summed E-state index contributed by atoms with van der Waals surface area (Å²) in [5.74, 6) is -0.113. The van der Waals surface area contributed by atoms with Gasteiger partial charge in [0.25, 0.3) is 0 Å². The third kappa shape index (κ3) is 3.20. The van der Waals surface area contributed by atoms with Crippen LogP contribution in [0.2, 0.25) is 5.02 Å². The van der Waals surface area contributed by atoms with Crippen LogP contribution in [0, 0.1) is 13.8 Å². The number of aromatic nitrogens is 4. The van der Waals surface area contributed by atoms with E-state index in [0.717, 1.165) is 21.6 Å². The minimum atomic E-state index is -0.401. The number of carbonyl (C=O) groups excluding carboxylic acids is 1. The summed E-state index contributed by atoms with van der Waals surface area (Å²) in [5, 5.41) is 12.0. The van der Waals surface area contributed by atoms with Crippen molar-refractivity contribution in [3.8, 4) is 0 Å². The van der Waals surface area contributed by atoms with Crippen molar-refractivity contribution in [3.05, 3.63) is 32.8 Å².